The molecule has 0 aliphatic carbocycles. The van der Waals surface area contributed by atoms with E-state index in [2.05, 4.69) is 5.32 Å². The molecule has 0 aromatic heterocycles. The third kappa shape index (κ3) is 4.75. The molecule has 3 rings (SSSR count). The predicted octanol–water partition coefficient (Wildman–Crippen LogP) is 3.13. The van der Waals surface area contributed by atoms with Gasteiger partial charge in [0.25, 0.3) is 5.91 Å². The summed E-state index contributed by atoms with van der Waals surface area (Å²) < 4.78 is 58.6. The second-order valence-electron chi connectivity index (χ2n) is 6.53. The summed E-state index contributed by atoms with van der Waals surface area (Å²) in [6.07, 6.45) is 0. The number of nitrogens with one attached hydrogen (secondary N) is 1. The fourth-order valence-corrected chi connectivity index (χ4v) is 4.55. The molecule has 1 aliphatic heterocycles. The summed E-state index contributed by atoms with van der Waals surface area (Å²) in [5.74, 6) is -2.65. The predicted molar refractivity (Wildman–Crippen MR) is 103 cm³/mol. The molecule has 10 heteroatoms. The molecule has 0 spiro atoms. The van der Waals surface area contributed by atoms with Crippen LogP contribution in [0.4, 0.5) is 8.78 Å². The molecule has 1 saturated heterocycles. The highest BCUT2D eigenvalue weighted by atomic mass is 35.5. The number of rotatable bonds is 5. The first-order chi connectivity index (χ1) is 13.7. The Hall–Kier alpha value is -2.07. The van der Waals surface area contributed by atoms with Crippen molar-refractivity contribution in [2.24, 2.45) is 0 Å². The lowest BCUT2D eigenvalue weighted by Crippen LogP contribution is -2.40. The molecule has 6 nitrogen and oxygen atoms in total. The summed E-state index contributed by atoms with van der Waals surface area (Å²) in [7, 11) is -3.80. The molecule has 156 valence electrons. The maximum Gasteiger partial charge on any atom is 0.253 e. The van der Waals surface area contributed by atoms with E-state index in [1.165, 1.54) is 28.6 Å². The van der Waals surface area contributed by atoms with Gasteiger partial charge in [0.1, 0.15) is 0 Å². The molecule has 29 heavy (non-hydrogen) atoms. The van der Waals surface area contributed by atoms with E-state index in [0.29, 0.717) is 18.8 Å². The average Bonchev–Trinajstić information content (AvgIpc) is 2.70. The maximum atomic E-state index is 13.4. The number of morpholine rings is 1. The van der Waals surface area contributed by atoms with E-state index in [1.807, 2.05) is 0 Å². The van der Waals surface area contributed by atoms with Gasteiger partial charge in [-0.1, -0.05) is 17.7 Å². The minimum Gasteiger partial charge on any atom is -0.379 e. The summed E-state index contributed by atoms with van der Waals surface area (Å²) in [6.45, 7) is 2.63. The Morgan fingerprint density at radius 2 is 1.83 bits per heavy atom. The van der Waals surface area contributed by atoms with E-state index < -0.39 is 33.6 Å². The van der Waals surface area contributed by atoms with Gasteiger partial charge in [-0.25, -0.2) is 17.2 Å². The Balaban J connectivity index is 1.83. The highest BCUT2D eigenvalue weighted by molar-refractivity contribution is 7.89. The molecule has 1 heterocycles. The number of hydrogen-bond acceptors (Lipinski definition) is 4. The van der Waals surface area contributed by atoms with Crippen molar-refractivity contribution >= 4 is 27.5 Å². The molecule has 0 bridgehead atoms. The number of nitrogens with zero attached hydrogens (tertiary/aromatic N) is 1. The molecule has 1 atom stereocenters. The smallest absolute Gasteiger partial charge is 0.253 e. The molecule has 1 unspecified atom stereocenters. The van der Waals surface area contributed by atoms with Crippen LogP contribution in [0.15, 0.2) is 41.3 Å². The van der Waals surface area contributed by atoms with Crippen molar-refractivity contribution in [3.05, 3.63) is 64.2 Å². The normalized spacial score (nSPS) is 16.4. The lowest BCUT2D eigenvalue weighted by atomic mass is 10.1. The topological polar surface area (TPSA) is 75.7 Å². The summed E-state index contributed by atoms with van der Waals surface area (Å²) in [6, 6.07) is 6.53. The first-order valence-electron chi connectivity index (χ1n) is 8.83. The van der Waals surface area contributed by atoms with E-state index >= 15 is 0 Å². The Bertz CT molecular complexity index is 1030. The minimum atomic E-state index is -3.80. The van der Waals surface area contributed by atoms with Gasteiger partial charge in [0.2, 0.25) is 10.0 Å². The zero-order valence-corrected chi connectivity index (χ0v) is 17.1. The molecule has 1 fully saturated rings. The van der Waals surface area contributed by atoms with Crippen LogP contribution in [-0.4, -0.2) is 44.9 Å². The Labute approximate surface area is 172 Å². The molecule has 2 aromatic rings. The summed E-state index contributed by atoms with van der Waals surface area (Å²) in [5.41, 5.74) is 0.320. The zero-order valence-electron chi connectivity index (χ0n) is 15.5. The van der Waals surface area contributed by atoms with Gasteiger partial charge in [-0.3, -0.25) is 4.79 Å². The molecule has 1 amide bonds. The number of halogens is 3. The van der Waals surface area contributed by atoms with Gasteiger partial charge in [0.15, 0.2) is 11.6 Å². The van der Waals surface area contributed by atoms with Crippen LogP contribution in [0.25, 0.3) is 0 Å². The standard InChI is InChI=1S/C19H19ClF2N2O4S/c1-12(13-2-5-17(21)18(22)10-13)23-19(25)15-11-14(3-4-16(15)20)29(26,27)24-6-8-28-9-7-24/h2-5,10-12H,6-9H2,1H3,(H,23,25). The van der Waals surface area contributed by atoms with E-state index in [-0.39, 0.29) is 28.6 Å². The third-order valence-electron chi connectivity index (χ3n) is 4.58. The number of carbonyl (C=O) groups is 1. The van der Waals surface area contributed by atoms with Gasteiger partial charge >= 0.3 is 0 Å². The van der Waals surface area contributed by atoms with Crippen LogP contribution in [-0.2, 0) is 14.8 Å². The van der Waals surface area contributed by atoms with Crippen LogP contribution >= 0.6 is 11.6 Å². The van der Waals surface area contributed by atoms with Crippen LogP contribution in [0.5, 0.6) is 0 Å². The van der Waals surface area contributed by atoms with E-state index in [9.17, 15) is 22.0 Å². The second-order valence-corrected chi connectivity index (χ2v) is 8.87. The van der Waals surface area contributed by atoms with E-state index in [1.54, 1.807) is 6.92 Å². The Morgan fingerprint density at radius 3 is 2.48 bits per heavy atom. The van der Waals surface area contributed by atoms with Crippen molar-refractivity contribution in [3.63, 3.8) is 0 Å². The van der Waals surface area contributed by atoms with Crippen molar-refractivity contribution in [3.8, 4) is 0 Å². The maximum absolute atomic E-state index is 13.4. The molecule has 1 aliphatic rings. The quantitative estimate of drug-likeness (QED) is 0.768. The lowest BCUT2D eigenvalue weighted by Gasteiger charge is -2.26. The number of hydrogen-bond donors (Lipinski definition) is 1. The first-order valence-corrected chi connectivity index (χ1v) is 10.6. The van der Waals surface area contributed by atoms with Gasteiger partial charge in [-0.05, 0) is 42.8 Å². The summed E-state index contributed by atoms with van der Waals surface area (Å²) >= 11 is 6.10. The Morgan fingerprint density at radius 1 is 1.14 bits per heavy atom. The van der Waals surface area contributed by atoms with Crippen molar-refractivity contribution in [1.82, 2.24) is 9.62 Å². The molecule has 2 aromatic carbocycles. The number of carbonyl (C=O) groups excluding carboxylic acids is 1. The number of sulfonamides is 1. The van der Waals surface area contributed by atoms with Gasteiger partial charge in [-0.2, -0.15) is 4.31 Å². The van der Waals surface area contributed by atoms with Gasteiger partial charge < -0.3 is 10.1 Å². The van der Waals surface area contributed by atoms with Crippen LogP contribution in [0, 0.1) is 11.6 Å². The van der Waals surface area contributed by atoms with Gasteiger partial charge in [0, 0.05) is 13.1 Å². The van der Waals surface area contributed by atoms with Crippen LogP contribution in [0.3, 0.4) is 0 Å². The third-order valence-corrected chi connectivity index (χ3v) is 6.81. The molecular formula is C19H19ClF2N2O4S. The summed E-state index contributed by atoms with van der Waals surface area (Å²) in [4.78, 5) is 12.6. The molecule has 1 N–H and O–H groups in total. The van der Waals surface area contributed by atoms with Gasteiger partial charge in [-0.15, -0.1) is 0 Å². The van der Waals surface area contributed by atoms with Crippen molar-refractivity contribution in [2.75, 3.05) is 26.3 Å². The highest BCUT2D eigenvalue weighted by Crippen LogP contribution is 2.25. The summed E-state index contributed by atoms with van der Waals surface area (Å²) in [5, 5.41) is 2.69. The number of benzene rings is 2. The van der Waals surface area contributed by atoms with Crippen LogP contribution < -0.4 is 5.32 Å². The lowest BCUT2D eigenvalue weighted by molar-refractivity contribution is 0.0730. The largest absolute Gasteiger partial charge is 0.379 e. The van der Waals surface area contributed by atoms with E-state index in [0.717, 1.165) is 12.1 Å². The van der Waals surface area contributed by atoms with E-state index in [4.69, 9.17) is 16.3 Å². The molecular weight excluding hydrogens is 426 g/mol. The highest BCUT2D eigenvalue weighted by Gasteiger charge is 2.28. The van der Waals surface area contributed by atoms with Crippen LogP contribution in [0.2, 0.25) is 5.02 Å². The SMILES string of the molecule is CC(NC(=O)c1cc(S(=O)(=O)N2CCOCC2)ccc1Cl)c1ccc(F)c(F)c1. The number of amides is 1. The average molecular weight is 445 g/mol. The van der Waals surface area contributed by atoms with Crippen molar-refractivity contribution in [2.45, 2.75) is 17.9 Å². The first kappa shape index (κ1) is 21.6. The molecule has 0 radical (unpaired) electrons. The van der Waals surface area contributed by atoms with Crippen molar-refractivity contribution in [1.29, 1.82) is 0 Å². The number of ether oxygens (including phenoxy) is 1. The fraction of sp³-hybridized carbons (Fsp3) is 0.316. The zero-order chi connectivity index (χ0) is 21.2. The Kier molecular flexibility index (Phi) is 6.52. The monoisotopic (exact) mass is 444 g/mol. The second kappa shape index (κ2) is 8.74. The van der Waals surface area contributed by atoms with Crippen LogP contribution in [0.1, 0.15) is 28.9 Å². The molecule has 0 saturated carbocycles. The van der Waals surface area contributed by atoms with Gasteiger partial charge in [0.05, 0.1) is 34.7 Å². The minimum absolute atomic E-state index is 0.0320. The van der Waals surface area contributed by atoms with Crippen molar-refractivity contribution < 1.29 is 26.7 Å². The fourth-order valence-electron chi connectivity index (χ4n) is 2.91.